The van der Waals surface area contributed by atoms with Crippen molar-refractivity contribution in [1.82, 2.24) is 0 Å². The molecule has 1 rings (SSSR count). The van der Waals surface area contributed by atoms with E-state index < -0.39 is 0 Å². The highest BCUT2D eigenvalue weighted by Gasteiger charge is 2.15. The molecule has 0 amide bonds. The van der Waals surface area contributed by atoms with Crippen LogP contribution in [0.15, 0.2) is 12.1 Å². The zero-order valence-electron chi connectivity index (χ0n) is 8.66. The third-order valence-electron chi connectivity index (χ3n) is 2.11. The van der Waals surface area contributed by atoms with Crippen LogP contribution in [0.1, 0.15) is 15.9 Å². The largest absolute Gasteiger partial charge is 0.496 e. The first-order valence-corrected chi connectivity index (χ1v) is 5.58. The van der Waals surface area contributed by atoms with E-state index in [-0.39, 0.29) is 23.4 Å². The van der Waals surface area contributed by atoms with Crippen molar-refractivity contribution in [1.29, 1.82) is 0 Å². The van der Waals surface area contributed by atoms with Crippen LogP contribution >= 0.6 is 15.9 Å². The molecule has 0 saturated heterocycles. The predicted octanol–water partition coefficient (Wildman–Crippen LogP) is 2.32. The Morgan fingerprint density at radius 3 is 2.75 bits per heavy atom. The Balaban J connectivity index is 3.38. The molecule has 0 radical (unpaired) electrons. The molecule has 84 valence electrons. The van der Waals surface area contributed by atoms with E-state index in [2.05, 4.69) is 20.8 Å². The van der Waals surface area contributed by atoms with Crippen LogP contribution in [0.5, 0.6) is 5.75 Å². The molecule has 0 atom stereocenters. The summed E-state index contributed by atoms with van der Waals surface area (Å²) < 4.78 is 5.05. The lowest BCUT2D eigenvalue weighted by Gasteiger charge is -2.09. The molecule has 0 aromatic heterocycles. The molecule has 0 aliphatic rings. The van der Waals surface area contributed by atoms with Crippen LogP contribution in [0.25, 0.3) is 4.85 Å². The Morgan fingerprint density at radius 1 is 1.62 bits per heavy atom. The molecule has 4 nitrogen and oxygen atoms in total. The Kier molecular flexibility index (Phi) is 4.47. The summed E-state index contributed by atoms with van der Waals surface area (Å²) in [5.74, 6) is 0.215. The van der Waals surface area contributed by atoms with Crippen molar-refractivity contribution in [2.75, 3.05) is 12.4 Å². The van der Waals surface area contributed by atoms with Gasteiger partial charge in [0.2, 0.25) is 0 Å². The fourth-order valence-corrected chi connectivity index (χ4v) is 1.60. The number of ketones is 1. The monoisotopic (exact) mass is 283 g/mol. The Labute approximate surface area is 102 Å². The summed E-state index contributed by atoms with van der Waals surface area (Å²) in [5.41, 5.74) is 1.08. The van der Waals surface area contributed by atoms with Crippen molar-refractivity contribution in [2.24, 2.45) is 0 Å². The molecular weight excluding hydrogens is 274 g/mol. The molecule has 5 heteroatoms. The normalized spacial score (nSPS) is 9.62. The highest BCUT2D eigenvalue weighted by molar-refractivity contribution is 9.09. The van der Waals surface area contributed by atoms with Crippen LogP contribution < -0.4 is 4.74 Å². The van der Waals surface area contributed by atoms with E-state index in [4.69, 9.17) is 16.4 Å². The molecule has 0 bridgehead atoms. The quantitative estimate of drug-likeness (QED) is 0.524. The number of carbonyl (C=O) groups is 1. The van der Waals surface area contributed by atoms with Gasteiger partial charge in [-0.05, 0) is 17.7 Å². The summed E-state index contributed by atoms with van der Waals surface area (Å²) in [6.45, 7) is 6.71. The molecule has 16 heavy (non-hydrogen) atoms. The summed E-state index contributed by atoms with van der Waals surface area (Å²) in [6.07, 6.45) is 0. The number of rotatable bonds is 4. The summed E-state index contributed by atoms with van der Waals surface area (Å²) in [5, 5.41) is 9.23. The van der Waals surface area contributed by atoms with Gasteiger partial charge in [-0.3, -0.25) is 4.79 Å². The first kappa shape index (κ1) is 12.7. The predicted molar refractivity (Wildman–Crippen MR) is 63.3 cm³/mol. The Morgan fingerprint density at radius 2 is 2.31 bits per heavy atom. The minimum atomic E-state index is -0.253. The molecule has 1 N–H and O–H groups in total. The Bertz CT molecular complexity index is 451. The number of carbonyl (C=O) groups excluding carboxylic acids is 1. The number of aliphatic hydroxyl groups excluding tert-OH is 1. The fourth-order valence-electron chi connectivity index (χ4n) is 1.30. The molecule has 0 fully saturated rings. The molecule has 0 heterocycles. The average Bonchev–Trinajstić information content (AvgIpc) is 2.35. The van der Waals surface area contributed by atoms with Gasteiger partial charge < -0.3 is 9.84 Å². The highest BCUT2D eigenvalue weighted by atomic mass is 79.9. The third kappa shape index (κ3) is 2.40. The van der Waals surface area contributed by atoms with Gasteiger partial charge in [-0.25, -0.2) is 4.85 Å². The van der Waals surface area contributed by atoms with Gasteiger partial charge in [-0.2, -0.15) is 0 Å². The van der Waals surface area contributed by atoms with Crippen molar-refractivity contribution in [3.05, 3.63) is 34.7 Å². The van der Waals surface area contributed by atoms with Crippen LogP contribution in [0.3, 0.4) is 0 Å². The van der Waals surface area contributed by atoms with Gasteiger partial charge >= 0.3 is 0 Å². The first-order valence-electron chi connectivity index (χ1n) is 4.46. The van der Waals surface area contributed by atoms with E-state index in [1.54, 1.807) is 0 Å². The number of nitrogens with zero attached hydrogens (tertiary/aromatic N) is 1. The van der Waals surface area contributed by atoms with Gasteiger partial charge in [0.1, 0.15) is 5.75 Å². The van der Waals surface area contributed by atoms with Crippen molar-refractivity contribution >= 4 is 27.4 Å². The van der Waals surface area contributed by atoms with E-state index in [1.807, 2.05) is 0 Å². The SMILES string of the molecule is [C-]#[N+]c1cc(C(=O)CBr)c(OC)cc1CO. The van der Waals surface area contributed by atoms with E-state index in [9.17, 15) is 4.79 Å². The van der Waals surface area contributed by atoms with Crippen molar-refractivity contribution in [3.63, 3.8) is 0 Å². The van der Waals surface area contributed by atoms with Gasteiger partial charge in [-0.1, -0.05) is 15.9 Å². The molecule has 0 saturated carbocycles. The summed E-state index contributed by atoms with van der Waals surface area (Å²) in [6, 6.07) is 2.96. The second kappa shape index (κ2) is 5.64. The van der Waals surface area contributed by atoms with E-state index in [1.165, 1.54) is 19.2 Å². The van der Waals surface area contributed by atoms with Crippen LogP contribution in [-0.4, -0.2) is 23.3 Å². The molecule has 1 aromatic rings. The summed E-state index contributed by atoms with van der Waals surface area (Å²) in [7, 11) is 1.44. The molecular formula is C11H10BrNO3. The van der Waals surface area contributed by atoms with Crippen molar-refractivity contribution < 1.29 is 14.6 Å². The minimum absolute atomic E-state index is 0.161. The number of hydrogen-bond donors (Lipinski definition) is 1. The fraction of sp³-hybridized carbons (Fsp3) is 0.273. The highest BCUT2D eigenvalue weighted by Crippen LogP contribution is 2.29. The van der Waals surface area contributed by atoms with Gasteiger partial charge in [0, 0.05) is 0 Å². The molecule has 0 aliphatic carbocycles. The average molecular weight is 284 g/mol. The molecule has 0 unspecified atom stereocenters. The van der Waals surface area contributed by atoms with Crippen LogP contribution in [0.2, 0.25) is 0 Å². The number of halogens is 1. The summed E-state index contributed by atoms with van der Waals surface area (Å²) >= 11 is 3.06. The van der Waals surface area contributed by atoms with Crippen LogP contribution in [0.4, 0.5) is 5.69 Å². The van der Waals surface area contributed by atoms with Crippen LogP contribution in [0, 0.1) is 6.57 Å². The van der Waals surface area contributed by atoms with E-state index in [0.717, 1.165) is 0 Å². The van der Waals surface area contributed by atoms with Crippen LogP contribution in [-0.2, 0) is 6.61 Å². The maximum atomic E-state index is 11.6. The molecule has 0 spiro atoms. The number of alkyl halides is 1. The second-order valence-corrected chi connectivity index (χ2v) is 3.57. The zero-order valence-corrected chi connectivity index (χ0v) is 10.2. The smallest absolute Gasteiger partial charge is 0.193 e. The summed E-state index contributed by atoms with van der Waals surface area (Å²) in [4.78, 5) is 14.8. The molecule has 1 aromatic carbocycles. The van der Waals surface area contributed by atoms with Crippen molar-refractivity contribution in [2.45, 2.75) is 6.61 Å². The van der Waals surface area contributed by atoms with Gasteiger partial charge in [-0.15, -0.1) is 0 Å². The Hall–Kier alpha value is -1.38. The number of methoxy groups -OCH3 is 1. The maximum Gasteiger partial charge on any atom is 0.193 e. The first-order chi connectivity index (χ1) is 7.67. The molecule has 0 aliphatic heterocycles. The number of benzene rings is 1. The number of Topliss-reactive ketones (excluding diaryl/α,β-unsaturated/α-hetero) is 1. The maximum absolute atomic E-state index is 11.6. The lowest BCUT2D eigenvalue weighted by atomic mass is 10.1. The van der Waals surface area contributed by atoms with Crippen molar-refractivity contribution in [3.8, 4) is 5.75 Å². The van der Waals surface area contributed by atoms with Gasteiger partial charge in [0.25, 0.3) is 0 Å². The standard InChI is InChI=1S/C11H10BrNO3/c1-13-9-4-8(10(15)5-12)11(16-2)3-7(9)6-14/h3-4,14H,5-6H2,2H3. The lowest BCUT2D eigenvalue weighted by molar-refractivity contribution is 0.102. The third-order valence-corrected chi connectivity index (χ3v) is 2.62. The van der Waals surface area contributed by atoms with E-state index >= 15 is 0 Å². The van der Waals surface area contributed by atoms with Gasteiger partial charge in [0.05, 0.1) is 31.2 Å². The van der Waals surface area contributed by atoms with E-state index in [0.29, 0.717) is 16.9 Å². The minimum Gasteiger partial charge on any atom is -0.496 e. The number of hydrogen-bond acceptors (Lipinski definition) is 3. The topological polar surface area (TPSA) is 50.9 Å². The number of ether oxygens (including phenoxy) is 1. The number of aliphatic hydroxyl groups is 1. The second-order valence-electron chi connectivity index (χ2n) is 3.01. The lowest BCUT2D eigenvalue weighted by Crippen LogP contribution is -2.04. The van der Waals surface area contributed by atoms with Gasteiger partial charge in [0.15, 0.2) is 11.5 Å². The zero-order chi connectivity index (χ0) is 12.1.